The highest BCUT2D eigenvalue weighted by atomic mass is 16.5. The van der Waals surface area contributed by atoms with E-state index in [1.54, 1.807) is 41.0 Å². The van der Waals surface area contributed by atoms with Gasteiger partial charge in [0.05, 0.1) is 37.3 Å². The number of hydrogen-bond donors (Lipinski definition) is 0. The summed E-state index contributed by atoms with van der Waals surface area (Å²) in [6.07, 6.45) is -0.298. The first-order valence-electron chi connectivity index (χ1n) is 24.7. The normalized spacial score (nSPS) is 15.1. The first-order chi connectivity index (χ1) is 32.9. The second-order valence-electron chi connectivity index (χ2n) is 16.6. The first kappa shape index (κ1) is 27.6. The number of anilines is 2. The van der Waals surface area contributed by atoms with E-state index in [1.165, 1.54) is 6.20 Å². The van der Waals surface area contributed by atoms with E-state index in [4.69, 9.17) is 14.3 Å². The van der Waals surface area contributed by atoms with E-state index in [2.05, 4.69) is 90.1 Å². The predicted octanol–water partition coefficient (Wildman–Crippen LogP) is 14.8. The SMILES string of the molecule is [2H]c1c(Oc2ccc3c4c([2H])c([2H])c([2H])c([2H])c4n(-c4cc(C([2H])([2H])C(C)(C)C)ccn4)c3c2)cc(N2Cn3c4c(C)cccc4c4cc(C)ccc4c4ccccc4c4cccc2c43)c([2H])c1[2H]. The van der Waals surface area contributed by atoms with Crippen LogP contribution < -0.4 is 9.64 Å². The second kappa shape index (κ2) is 13.7. The number of para-hydroxylation sites is 3. The van der Waals surface area contributed by atoms with Crippen LogP contribution in [0.3, 0.4) is 0 Å². The molecule has 0 radical (unpaired) electrons. The molecule has 0 N–H and O–H groups in total. The third kappa shape index (κ3) is 5.95. The summed E-state index contributed by atoms with van der Waals surface area (Å²) in [5.41, 5.74) is 5.53. The average molecular weight is 788 g/mol. The molecule has 11 rings (SSSR count). The van der Waals surface area contributed by atoms with Gasteiger partial charge < -0.3 is 14.2 Å². The van der Waals surface area contributed by atoms with Gasteiger partial charge in [-0.3, -0.25) is 4.57 Å². The number of fused-ring (bicyclic) bond motifs is 10. The van der Waals surface area contributed by atoms with Crippen molar-refractivity contribution in [3.05, 3.63) is 180 Å². The number of hydrogen-bond acceptors (Lipinski definition) is 3. The molecule has 0 atom stereocenters. The van der Waals surface area contributed by atoms with Crippen molar-refractivity contribution in [2.45, 2.75) is 47.7 Å². The number of benzene rings is 7. The fourth-order valence-corrected chi connectivity index (χ4v) is 8.96. The van der Waals surface area contributed by atoms with Crippen LogP contribution in [0.5, 0.6) is 11.5 Å². The van der Waals surface area contributed by atoms with E-state index in [0.29, 0.717) is 28.8 Å². The number of aryl methyl sites for hydroxylation is 2. The van der Waals surface area contributed by atoms with Gasteiger partial charge in [0.1, 0.15) is 24.0 Å². The van der Waals surface area contributed by atoms with E-state index in [1.807, 2.05) is 37.8 Å². The van der Waals surface area contributed by atoms with Gasteiger partial charge in [-0.1, -0.05) is 123 Å². The summed E-state index contributed by atoms with van der Waals surface area (Å²) in [6.45, 7) is 9.94. The molecule has 3 aromatic heterocycles. The minimum absolute atomic E-state index is 0.0272. The molecule has 0 saturated heterocycles. The number of aromatic nitrogens is 3. The second-order valence-corrected chi connectivity index (χ2v) is 16.6. The summed E-state index contributed by atoms with van der Waals surface area (Å²) in [7, 11) is 0. The Bertz CT molecular complexity index is 3950. The van der Waals surface area contributed by atoms with E-state index < -0.39 is 23.9 Å². The van der Waals surface area contributed by atoms with Gasteiger partial charge in [-0.2, -0.15) is 0 Å². The van der Waals surface area contributed by atoms with E-state index in [-0.39, 0.29) is 58.4 Å². The topological polar surface area (TPSA) is 35.2 Å². The first-order valence-corrected chi connectivity index (χ1v) is 20.2. The minimum atomic E-state index is -1.79. The summed E-state index contributed by atoms with van der Waals surface area (Å²) in [6, 6.07) is 35.4. The zero-order valence-electron chi connectivity index (χ0n) is 43.0. The fourth-order valence-electron chi connectivity index (χ4n) is 8.96. The summed E-state index contributed by atoms with van der Waals surface area (Å²) in [4.78, 5) is 6.64. The summed E-state index contributed by atoms with van der Waals surface area (Å²) < 4.78 is 91.5. The van der Waals surface area contributed by atoms with Crippen LogP contribution in [-0.4, -0.2) is 14.1 Å². The highest BCUT2D eigenvalue weighted by molar-refractivity contribution is 6.21. The third-order valence-electron chi connectivity index (χ3n) is 11.4. The molecule has 1 aliphatic rings. The Kier molecular flexibility index (Phi) is 6.31. The van der Waals surface area contributed by atoms with Crippen molar-refractivity contribution >= 4 is 76.5 Å². The molecule has 0 spiro atoms. The summed E-state index contributed by atoms with van der Waals surface area (Å²) in [5, 5.41) is 7.23. The van der Waals surface area contributed by atoms with Crippen molar-refractivity contribution in [3.63, 3.8) is 0 Å². The van der Waals surface area contributed by atoms with Crippen molar-refractivity contribution < 1.29 is 17.1 Å². The highest BCUT2D eigenvalue weighted by Crippen LogP contribution is 2.44. The van der Waals surface area contributed by atoms with Crippen molar-refractivity contribution in [2.75, 3.05) is 4.90 Å². The van der Waals surface area contributed by atoms with Gasteiger partial charge in [0, 0.05) is 48.3 Å². The molecule has 1 aliphatic heterocycles. The molecular formula is C55H46N4O. The minimum Gasteiger partial charge on any atom is -0.457 e. The molecule has 60 heavy (non-hydrogen) atoms. The van der Waals surface area contributed by atoms with Gasteiger partial charge in [-0.15, -0.1) is 0 Å². The van der Waals surface area contributed by atoms with E-state index >= 15 is 0 Å². The van der Waals surface area contributed by atoms with Crippen molar-refractivity contribution in [1.29, 1.82) is 0 Å². The van der Waals surface area contributed by atoms with Crippen LogP contribution in [0.4, 0.5) is 11.4 Å². The molecule has 0 fully saturated rings. The number of nitrogens with zero attached hydrogens (tertiary/aromatic N) is 4. The van der Waals surface area contributed by atoms with Crippen LogP contribution in [0, 0.1) is 19.3 Å². The van der Waals surface area contributed by atoms with Gasteiger partial charge in [-0.05, 0) is 107 Å². The molecule has 10 aromatic rings. The lowest BCUT2D eigenvalue weighted by molar-refractivity contribution is 0.411. The lowest BCUT2D eigenvalue weighted by Crippen LogP contribution is -2.14. The molecule has 0 saturated carbocycles. The van der Waals surface area contributed by atoms with Gasteiger partial charge in [-0.25, -0.2) is 4.98 Å². The molecule has 0 bridgehead atoms. The highest BCUT2D eigenvalue weighted by Gasteiger charge is 2.25. The van der Waals surface area contributed by atoms with Gasteiger partial charge in [0.15, 0.2) is 0 Å². The van der Waals surface area contributed by atoms with Crippen LogP contribution in [0.2, 0.25) is 0 Å². The largest absolute Gasteiger partial charge is 0.457 e. The van der Waals surface area contributed by atoms with Crippen molar-refractivity contribution in [1.82, 2.24) is 14.1 Å². The Hall–Kier alpha value is -7.11. The Morgan fingerprint density at radius 1 is 0.633 bits per heavy atom. The van der Waals surface area contributed by atoms with Crippen molar-refractivity contribution in [2.24, 2.45) is 5.41 Å². The lowest BCUT2D eigenvalue weighted by atomic mass is 9.88. The molecule has 0 amide bonds. The Morgan fingerprint density at radius 2 is 1.38 bits per heavy atom. The Morgan fingerprint density at radius 3 is 2.23 bits per heavy atom. The third-order valence-corrected chi connectivity index (χ3v) is 11.4. The molecule has 0 unspecified atom stereocenters. The van der Waals surface area contributed by atoms with Gasteiger partial charge >= 0.3 is 0 Å². The molecule has 292 valence electrons. The Balaban J connectivity index is 1.12. The smallest absolute Gasteiger partial charge is 0.137 e. The predicted molar refractivity (Wildman–Crippen MR) is 252 cm³/mol. The average Bonchev–Trinajstić information content (AvgIpc) is 3.89. The van der Waals surface area contributed by atoms with Crippen LogP contribution in [0.1, 0.15) is 49.8 Å². The maximum Gasteiger partial charge on any atom is 0.137 e. The monoisotopic (exact) mass is 787 g/mol. The molecule has 0 aliphatic carbocycles. The maximum atomic E-state index is 9.40. The molecule has 4 heterocycles. The maximum absolute atomic E-state index is 9.40. The van der Waals surface area contributed by atoms with E-state index in [0.717, 1.165) is 60.2 Å². The lowest BCUT2D eigenvalue weighted by Gasteiger charge is -2.21. The van der Waals surface area contributed by atoms with Gasteiger partial charge in [0.25, 0.3) is 0 Å². The number of rotatable bonds is 5. The van der Waals surface area contributed by atoms with Crippen LogP contribution in [0.15, 0.2) is 164 Å². The van der Waals surface area contributed by atoms with Crippen molar-refractivity contribution in [3.8, 4) is 17.3 Å². The molecular weight excluding hydrogens is 733 g/mol. The molecule has 7 aromatic carbocycles. The quantitative estimate of drug-likeness (QED) is 0.174. The van der Waals surface area contributed by atoms with Gasteiger partial charge in [0.2, 0.25) is 0 Å². The zero-order valence-corrected chi connectivity index (χ0v) is 34.0. The standard InChI is InChI=1S/C55H46N4O/c1-35-23-25-43-41-16-6-7-17-42(41)46-20-12-22-50-54(46)58(53-36(2)13-10-19-47(53)48(43)29-35)34-57(50)38-14-11-15-39(31-38)60-40-24-26-45-44-18-8-9-21-49(44)59(51(45)32-40)52-30-37(27-28-56-52)33-55(3,4)5/h6-32H,33-34H2,1-5H3/i8D,9D,11D,14D,15D,18D,21D,33D2. The van der Waals surface area contributed by atoms with Crippen LogP contribution in [-0.2, 0) is 13.0 Å². The van der Waals surface area contributed by atoms with Crippen LogP contribution >= 0.6 is 0 Å². The fraction of sp³-hybridized carbons (Fsp3) is 0.145. The molecule has 5 heteroatoms. The number of pyridine rings is 1. The zero-order chi connectivity index (χ0) is 48.6. The molecule has 5 nitrogen and oxygen atoms in total. The Labute approximate surface area is 362 Å². The summed E-state index contributed by atoms with van der Waals surface area (Å²) in [5.74, 6) is 0.509. The van der Waals surface area contributed by atoms with Crippen LogP contribution in [0.25, 0.3) is 71.0 Å². The van der Waals surface area contributed by atoms with E-state index in [9.17, 15) is 2.74 Å². The number of ether oxygens (including phenoxy) is 1. The summed E-state index contributed by atoms with van der Waals surface area (Å²) >= 11 is 0.